The van der Waals surface area contributed by atoms with E-state index in [-0.39, 0.29) is 32.7 Å². The molecule has 2 aliphatic rings. The summed E-state index contributed by atoms with van der Waals surface area (Å²) in [4.78, 5) is 0. The number of rotatable bonds is 4. The summed E-state index contributed by atoms with van der Waals surface area (Å²) in [5.41, 5.74) is 0.711. The molecular weight excluding hydrogens is 488 g/mol. The topological polar surface area (TPSA) is 0 Å². The number of benzene rings is 2. The van der Waals surface area contributed by atoms with Crippen molar-refractivity contribution in [3.63, 3.8) is 0 Å². The third-order valence-electron chi connectivity index (χ3n) is 6.21. The summed E-state index contributed by atoms with van der Waals surface area (Å²) in [5, 5.41) is 0. The van der Waals surface area contributed by atoms with Crippen LogP contribution in [0.15, 0.2) is 55.3 Å². The number of allylic oxidation sites excluding steroid dienone is 8. The summed E-state index contributed by atoms with van der Waals surface area (Å²) in [6.45, 7) is 3.02. The number of halogens is 8. The molecule has 0 saturated heterocycles. The molecule has 33 heavy (non-hydrogen) atoms. The van der Waals surface area contributed by atoms with Crippen molar-refractivity contribution >= 4 is 7.74 Å². The minimum absolute atomic E-state index is 0.0116. The van der Waals surface area contributed by atoms with E-state index in [2.05, 4.69) is 0 Å². The molecule has 0 aromatic heterocycles. The molecule has 0 unspecified atom stereocenters. The maximum atomic E-state index is 15.4. The average Bonchev–Trinajstić information content (AvgIpc) is 3.38. The second kappa shape index (κ2) is 8.40. The van der Waals surface area contributed by atoms with Crippen LogP contribution in [-0.2, 0) is 16.6 Å². The van der Waals surface area contributed by atoms with Gasteiger partial charge >= 0.3 is 188 Å². The molecule has 172 valence electrons. The summed E-state index contributed by atoms with van der Waals surface area (Å²) in [5.74, 6) is -14.4. The zero-order valence-electron chi connectivity index (χ0n) is 17.4. The SMILES string of the molecule is CC1=[C]([Ti]([C]2=C(C)C=CC2)([c]2c(F)c(F)cc(F)c2F)[c]2c(F)c(F)cc(F)c2F)CC=C1. The molecular formula is C24H16F8Ti. The van der Waals surface area contributed by atoms with Crippen LogP contribution in [0.25, 0.3) is 0 Å². The van der Waals surface area contributed by atoms with Crippen molar-refractivity contribution in [2.45, 2.75) is 26.7 Å². The Hall–Kier alpha value is -2.45. The Bertz CT molecular complexity index is 1160. The Kier molecular flexibility index (Phi) is 6.04. The zero-order valence-corrected chi connectivity index (χ0v) is 19.0. The Morgan fingerprint density at radius 3 is 1.09 bits per heavy atom. The van der Waals surface area contributed by atoms with Crippen LogP contribution >= 0.6 is 0 Å². The Morgan fingerprint density at radius 1 is 0.545 bits per heavy atom. The maximum absolute atomic E-state index is 15.4. The predicted molar refractivity (Wildman–Crippen MR) is 105 cm³/mol. The fourth-order valence-electron chi connectivity index (χ4n) is 4.84. The fourth-order valence-corrected chi connectivity index (χ4v) is 13.9. The number of hydrogen-bond donors (Lipinski definition) is 0. The van der Waals surface area contributed by atoms with Crippen molar-refractivity contribution in [1.29, 1.82) is 0 Å². The van der Waals surface area contributed by atoms with Crippen LogP contribution in [0.3, 0.4) is 0 Å². The first kappa shape index (κ1) is 23.7. The van der Waals surface area contributed by atoms with Crippen LogP contribution in [0.2, 0.25) is 0 Å². The molecule has 0 atom stereocenters. The second-order valence-electron chi connectivity index (χ2n) is 7.97. The molecule has 2 aliphatic carbocycles. The summed E-state index contributed by atoms with van der Waals surface area (Å²) < 4.78 is 117. The van der Waals surface area contributed by atoms with Crippen molar-refractivity contribution in [2.24, 2.45) is 0 Å². The van der Waals surface area contributed by atoms with Crippen LogP contribution in [0.4, 0.5) is 35.1 Å². The molecule has 0 radical (unpaired) electrons. The van der Waals surface area contributed by atoms with E-state index in [0.717, 1.165) is 0 Å². The van der Waals surface area contributed by atoms with Crippen molar-refractivity contribution in [3.8, 4) is 0 Å². The van der Waals surface area contributed by atoms with E-state index in [0.29, 0.717) is 11.1 Å². The van der Waals surface area contributed by atoms with Crippen LogP contribution in [0.5, 0.6) is 0 Å². The van der Waals surface area contributed by atoms with Gasteiger partial charge < -0.3 is 0 Å². The predicted octanol–water partition coefficient (Wildman–Crippen LogP) is 6.37. The van der Waals surface area contributed by atoms with E-state index < -0.39 is 70.9 Å². The van der Waals surface area contributed by atoms with E-state index in [9.17, 15) is 17.6 Å². The zero-order chi connectivity index (χ0) is 24.2. The third kappa shape index (κ3) is 3.37. The van der Waals surface area contributed by atoms with Gasteiger partial charge in [0.15, 0.2) is 0 Å². The molecule has 0 saturated carbocycles. The van der Waals surface area contributed by atoms with Gasteiger partial charge in [0.2, 0.25) is 0 Å². The summed E-state index contributed by atoms with van der Waals surface area (Å²) in [6, 6.07) is -0.0232. The van der Waals surface area contributed by atoms with Crippen LogP contribution < -0.4 is 7.74 Å². The standard InChI is InChI=1S/2C6HF4.2C6H7.Ti/c2*7-3-1-4(8)6(10)2-5(3)9;2*1-6-4-2-3-5-6;/h2*1H;2*2,4H,3H2,1H3;. The van der Waals surface area contributed by atoms with Gasteiger partial charge in [0.1, 0.15) is 0 Å². The number of hydrogen-bond acceptors (Lipinski definition) is 0. The molecule has 0 nitrogen and oxygen atoms in total. The van der Waals surface area contributed by atoms with Gasteiger partial charge in [-0.05, 0) is 0 Å². The first-order chi connectivity index (χ1) is 15.5. The normalized spacial score (nSPS) is 16.1. The second-order valence-corrected chi connectivity index (χ2v) is 13.8. The van der Waals surface area contributed by atoms with Gasteiger partial charge in [-0.25, -0.2) is 0 Å². The molecule has 0 aliphatic heterocycles. The first-order valence-electron chi connectivity index (χ1n) is 9.93. The van der Waals surface area contributed by atoms with Gasteiger partial charge in [-0.1, -0.05) is 0 Å². The molecule has 0 bridgehead atoms. The van der Waals surface area contributed by atoms with Gasteiger partial charge in [-0.3, -0.25) is 0 Å². The quantitative estimate of drug-likeness (QED) is 0.258. The summed E-state index contributed by atoms with van der Waals surface area (Å²) in [7, 11) is 0. The molecule has 9 heteroatoms. The van der Waals surface area contributed by atoms with Crippen LogP contribution in [0.1, 0.15) is 26.7 Å². The van der Waals surface area contributed by atoms with E-state index in [1.54, 1.807) is 12.2 Å². The molecule has 0 fully saturated rings. The van der Waals surface area contributed by atoms with Crippen LogP contribution in [-0.4, -0.2) is 0 Å². The first-order valence-corrected chi connectivity index (χ1v) is 13.1. The summed E-state index contributed by atoms with van der Waals surface area (Å²) >= 11 is -5.72. The minimum atomic E-state index is -5.72. The van der Waals surface area contributed by atoms with E-state index >= 15 is 17.6 Å². The van der Waals surface area contributed by atoms with Gasteiger partial charge in [0.05, 0.1) is 0 Å². The molecule has 2 aromatic carbocycles. The van der Waals surface area contributed by atoms with Crippen molar-refractivity contribution < 1.29 is 51.7 Å². The average molecular weight is 504 g/mol. The van der Waals surface area contributed by atoms with Crippen molar-refractivity contribution in [3.05, 3.63) is 102 Å². The van der Waals surface area contributed by atoms with E-state index in [4.69, 9.17) is 0 Å². The molecule has 0 spiro atoms. The van der Waals surface area contributed by atoms with Crippen molar-refractivity contribution in [1.82, 2.24) is 0 Å². The molecule has 0 heterocycles. The molecule has 0 N–H and O–H groups in total. The summed E-state index contributed by atoms with van der Waals surface area (Å²) in [6.07, 6.45) is 6.06. The van der Waals surface area contributed by atoms with Gasteiger partial charge in [0.25, 0.3) is 0 Å². The Morgan fingerprint density at radius 2 is 0.848 bits per heavy atom. The van der Waals surface area contributed by atoms with Gasteiger partial charge in [-0.15, -0.1) is 0 Å². The van der Waals surface area contributed by atoms with E-state index in [1.165, 1.54) is 26.0 Å². The van der Waals surface area contributed by atoms with Gasteiger partial charge in [0, 0.05) is 0 Å². The monoisotopic (exact) mass is 504 g/mol. The Labute approximate surface area is 188 Å². The molecule has 2 aromatic rings. The Balaban J connectivity index is 2.36. The third-order valence-corrected chi connectivity index (χ3v) is 14.6. The van der Waals surface area contributed by atoms with Crippen molar-refractivity contribution in [2.75, 3.05) is 0 Å². The fraction of sp³-hybridized carbons (Fsp3) is 0.167. The molecule has 0 amide bonds. The van der Waals surface area contributed by atoms with E-state index in [1.807, 2.05) is 0 Å². The van der Waals surface area contributed by atoms with Crippen LogP contribution in [0, 0.1) is 46.5 Å². The molecule has 4 rings (SSSR count). The van der Waals surface area contributed by atoms with Gasteiger partial charge in [-0.2, -0.15) is 0 Å².